The van der Waals surface area contributed by atoms with E-state index >= 15 is 0 Å². The molecule has 220 valence electrons. The topological polar surface area (TPSA) is 141 Å². The standard InChI is InChI=1S/C22H16BrN5.2C2HF3O2/c1-13-5-7-18-20(9-13)26-21(14-3-2-4-16(23)10-14)27-22(18)25-17-6-8-19-15(11-17)12-24-28-19;2*3-2(4,5)1(6)7/h2-12H,1H3,(H,24,28)(H,25,26,27);2*(H,6,7). The third-order valence-electron chi connectivity index (χ3n) is 5.12. The molecule has 0 bridgehead atoms. The zero-order chi connectivity index (χ0) is 31.2. The summed E-state index contributed by atoms with van der Waals surface area (Å²) >= 11 is 3.53. The van der Waals surface area contributed by atoms with Crippen LogP contribution in [-0.2, 0) is 9.59 Å². The van der Waals surface area contributed by atoms with Crippen molar-refractivity contribution in [2.75, 3.05) is 5.32 Å². The van der Waals surface area contributed by atoms with E-state index in [-0.39, 0.29) is 0 Å². The van der Waals surface area contributed by atoms with Crippen LogP contribution < -0.4 is 5.32 Å². The van der Waals surface area contributed by atoms with Crippen molar-refractivity contribution in [1.29, 1.82) is 0 Å². The molecule has 0 aliphatic rings. The van der Waals surface area contributed by atoms with E-state index in [0.29, 0.717) is 5.82 Å². The molecule has 9 nitrogen and oxygen atoms in total. The van der Waals surface area contributed by atoms with Gasteiger partial charge < -0.3 is 15.5 Å². The fourth-order valence-electron chi connectivity index (χ4n) is 3.25. The van der Waals surface area contributed by atoms with E-state index in [1.165, 1.54) is 0 Å². The highest BCUT2D eigenvalue weighted by atomic mass is 79.9. The molecule has 0 fully saturated rings. The Morgan fingerprint density at radius 2 is 1.52 bits per heavy atom. The van der Waals surface area contributed by atoms with Crippen LogP contribution in [0, 0.1) is 6.92 Å². The van der Waals surface area contributed by atoms with Gasteiger partial charge >= 0.3 is 24.3 Å². The molecule has 0 aliphatic carbocycles. The van der Waals surface area contributed by atoms with Crippen LogP contribution in [0.2, 0.25) is 0 Å². The first-order valence-electron chi connectivity index (χ1n) is 11.4. The molecule has 0 radical (unpaired) electrons. The Morgan fingerprint density at radius 1 is 0.881 bits per heavy atom. The molecule has 0 saturated carbocycles. The van der Waals surface area contributed by atoms with Gasteiger partial charge in [0, 0.05) is 26.5 Å². The van der Waals surface area contributed by atoms with Crippen LogP contribution >= 0.6 is 15.9 Å². The predicted octanol–water partition coefficient (Wildman–Crippen LogP) is 7.25. The van der Waals surface area contributed by atoms with Gasteiger partial charge in [-0.3, -0.25) is 5.10 Å². The van der Waals surface area contributed by atoms with E-state index < -0.39 is 24.3 Å². The van der Waals surface area contributed by atoms with Gasteiger partial charge in [0.2, 0.25) is 0 Å². The first kappa shape index (κ1) is 31.8. The molecule has 0 unspecified atom stereocenters. The Kier molecular flexibility index (Phi) is 9.72. The second kappa shape index (κ2) is 12.8. The van der Waals surface area contributed by atoms with E-state index in [9.17, 15) is 26.3 Å². The van der Waals surface area contributed by atoms with Crippen LogP contribution in [0.5, 0.6) is 0 Å². The summed E-state index contributed by atoms with van der Waals surface area (Å²) in [5.74, 6) is -4.05. The van der Waals surface area contributed by atoms with Gasteiger partial charge in [-0.15, -0.1) is 0 Å². The van der Waals surface area contributed by atoms with Crippen molar-refractivity contribution in [2.24, 2.45) is 0 Å². The van der Waals surface area contributed by atoms with E-state index in [1.807, 2.05) is 42.6 Å². The molecule has 0 amide bonds. The molecule has 0 aliphatic heterocycles. The largest absolute Gasteiger partial charge is 0.490 e. The lowest BCUT2D eigenvalue weighted by Gasteiger charge is -2.12. The van der Waals surface area contributed by atoms with Gasteiger partial charge in [0.15, 0.2) is 5.82 Å². The normalized spacial score (nSPS) is 11.2. The number of hydrogen-bond acceptors (Lipinski definition) is 6. The molecule has 5 rings (SSSR count). The first-order chi connectivity index (χ1) is 19.5. The van der Waals surface area contributed by atoms with Crippen LogP contribution in [-0.4, -0.2) is 54.7 Å². The van der Waals surface area contributed by atoms with Gasteiger partial charge in [-0.1, -0.05) is 34.1 Å². The van der Waals surface area contributed by atoms with Crippen molar-refractivity contribution < 1.29 is 46.1 Å². The van der Waals surface area contributed by atoms with Crippen LogP contribution in [0.3, 0.4) is 0 Å². The van der Waals surface area contributed by atoms with Crippen LogP contribution in [0.15, 0.2) is 71.3 Å². The number of fused-ring (bicyclic) bond motifs is 2. The van der Waals surface area contributed by atoms with E-state index in [1.54, 1.807) is 0 Å². The number of carbonyl (C=O) groups is 2. The number of carboxylic acid groups (broad SMARTS) is 2. The van der Waals surface area contributed by atoms with E-state index in [2.05, 4.69) is 62.6 Å². The Hall–Kier alpha value is -4.73. The van der Waals surface area contributed by atoms with Gasteiger partial charge in [-0.05, 0) is 55.0 Å². The van der Waals surface area contributed by atoms with Crippen LogP contribution in [0.1, 0.15) is 5.56 Å². The second-order valence-electron chi connectivity index (χ2n) is 8.33. The summed E-state index contributed by atoms with van der Waals surface area (Å²) in [6, 6.07) is 20.3. The molecular weight excluding hydrogens is 640 g/mol. The highest BCUT2D eigenvalue weighted by Crippen LogP contribution is 2.30. The lowest BCUT2D eigenvalue weighted by Crippen LogP contribution is -2.21. The number of carboxylic acids is 2. The number of halogens is 7. The molecule has 4 N–H and O–H groups in total. The number of aromatic nitrogens is 4. The third-order valence-corrected chi connectivity index (χ3v) is 5.62. The van der Waals surface area contributed by atoms with Crippen molar-refractivity contribution in [3.63, 3.8) is 0 Å². The number of alkyl halides is 6. The summed E-state index contributed by atoms with van der Waals surface area (Å²) in [6.45, 7) is 2.07. The zero-order valence-corrected chi connectivity index (χ0v) is 22.6. The van der Waals surface area contributed by atoms with Crippen molar-refractivity contribution in [1.82, 2.24) is 20.2 Å². The van der Waals surface area contributed by atoms with Gasteiger partial charge in [0.25, 0.3) is 0 Å². The summed E-state index contributed by atoms with van der Waals surface area (Å²) < 4.78 is 64.5. The predicted molar refractivity (Wildman–Crippen MR) is 144 cm³/mol. The summed E-state index contributed by atoms with van der Waals surface area (Å²) in [7, 11) is 0. The molecule has 2 aromatic heterocycles. The second-order valence-corrected chi connectivity index (χ2v) is 9.25. The number of benzene rings is 3. The number of rotatable bonds is 3. The highest BCUT2D eigenvalue weighted by molar-refractivity contribution is 9.10. The highest BCUT2D eigenvalue weighted by Gasteiger charge is 2.38. The summed E-state index contributed by atoms with van der Waals surface area (Å²) in [6.07, 6.45) is -8.35. The van der Waals surface area contributed by atoms with Crippen molar-refractivity contribution in [3.05, 3.63) is 76.9 Å². The molecule has 5 aromatic rings. The Labute approximate surface area is 240 Å². The SMILES string of the molecule is Cc1ccc2c(Nc3ccc4[nH]ncc4c3)nc(-c3cccc(Br)c3)nc2c1.O=C(O)C(F)(F)F.O=C(O)C(F)(F)F. The summed E-state index contributed by atoms with van der Waals surface area (Å²) in [5.41, 5.74) is 5.00. The molecule has 2 heterocycles. The Bertz CT molecular complexity index is 1720. The van der Waals surface area contributed by atoms with E-state index in [0.717, 1.165) is 48.9 Å². The zero-order valence-electron chi connectivity index (χ0n) is 21.0. The van der Waals surface area contributed by atoms with Gasteiger partial charge in [-0.2, -0.15) is 31.4 Å². The molecule has 0 atom stereocenters. The number of aryl methyl sites for hydroxylation is 1. The number of hydrogen-bond donors (Lipinski definition) is 4. The third kappa shape index (κ3) is 8.63. The minimum absolute atomic E-state index is 0.686. The van der Waals surface area contributed by atoms with Crippen LogP contribution in [0.25, 0.3) is 33.2 Å². The first-order valence-corrected chi connectivity index (χ1v) is 12.2. The maximum absolute atomic E-state index is 10.6. The van der Waals surface area contributed by atoms with E-state index in [4.69, 9.17) is 29.8 Å². The summed E-state index contributed by atoms with van der Waals surface area (Å²) in [5, 5.41) is 26.8. The fraction of sp³-hybridized carbons (Fsp3) is 0.115. The smallest absolute Gasteiger partial charge is 0.475 e. The van der Waals surface area contributed by atoms with Crippen molar-refractivity contribution in [3.8, 4) is 11.4 Å². The fourth-order valence-corrected chi connectivity index (χ4v) is 3.65. The maximum Gasteiger partial charge on any atom is 0.490 e. The Balaban J connectivity index is 0.000000289. The van der Waals surface area contributed by atoms with Gasteiger partial charge in [0.1, 0.15) is 5.82 Å². The number of aromatic amines is 1. The average Bonchev–Trinajstić information content (AvgIpc) is 3.36. The molecule has 3 aromatic carbocycles. The maximum atomic E-state index is 10.6. The lowest BCUT2D eigenvalue weighted by atomic mass is 10.1. The summed E-state index contributed by atoms with van der Waals surface area (Å²) in [4.78, 5) is 27.4. The molecule has 16 heteroatoms. The number of nitrogens with zero attached hydrogens (tertiary/aromatic N) is 3. The van der Waals surface area contributed by atoms with Crippen LogP contribution in [0.4, 0.5) is 37.8 Å². The molecule has 0 spiro atoms. The van der Waals surface area contributed by atoms with Gasteiger partial charge in [0.05, 0.1) is 17.2 Å². The minimum atomic E-state index is -5.08. The Morgan fingerprint density at radius 3 is 2.12 bits per heavy atom. The number of H-pyrrole nitrogens is 1. The number of nitrogens with one attached hydrogen (secondary N) is 2. The molecule has 42 heavy (non-hydrogen) atoms. The monoisotopic (exact) mass is 657 g/mol. The minimum Gasteiger partial charge on any atom is -0.475 e. The lowest BCUT2D eigenvalue weighted by molar-refractivity contribution is -0.193. The van der Waals surface area contributed by atoms with Crippen molar-refractivity contribution >= 4 is 61.2 Å². The number of aliphatic carboxylic acids is 2. The van der Waals surface area contributed by atoms with Gasteiger partial charge in [-0.25, -0.2) is 19.6 Å². The van der Waals surface area contributed by atoms with Crippen molar-refractivity contribution in [2.45, 2.75) is 19.3 Å². The number of anilines is 2. The molecular formula is C26H18BrF6N5O4. The molecule has 0 saturated heterocycles. The quantitative estimate of drug-likeness (QED) is 0.149. The average molecular weight is 658 g/mol.